The molecule has 0 fully saturated rings. The summed E-state index contributed by atoms with van der Waals surface area (Å²) in [5.74, 6) is -1.13. The molecule has 20 heavy (non-hydrogen) atoms. The summed E-state index contributed by atoms with van der Waals surface area (Å²) < 4.78 is 13.4. The molecule has 0 aliphatic rings. The Hall–Kier alpha value is -1.82. The molecular weight excluding hydrogens is 285 g/mol. The van der Waals surface area contributed by atoms with Crippen molar-refractivity contribution in [3.05, 3.63) is 29.0 Å². The lowest BCUT2D eigenvalue weighted by Crippen LogP contribution is -2.49. The van der Waals surface area contributed by atoms with Gasteiger partial charge in [0.1, 0.15) is 5.82 Å². The summed E-state index contributed by atoms with van der Waals surface area (Å²) in [5, 5.41) is 7.56. The first kappa shape index (κ1) is 16.2. The molecule has 1 rings (SSSR count). The maximum atomic E-state index is 13.4. The third-order valence-electron chi connectivity index (χ3n) is 2.11. The molecule has 0 unspecified atom stereocenters. The summed E-state index contributed by atoms with van der Waals surface area (Å²) in [6.45, 7) is 5.14. The number of carbonyl (C=O) groups is 2. The Kier molecular flexibility index (Phi) is 5.33. The van der Waals surface area contributed by atoms with Gasteiger partial charge in [-0.05, 0) is 39.0 Å². The first-order valence-electron chi connectivity index (χ1n) is 5.98. The number of carbonyl (C=O) groups excluding carboxylic acids is 2. The number of benzene rings is 1. The molecule has 3 amide bonds. The Labute approximate surface area is 121 Å². The second kappa shape index (κ2) is 6.56. The van der Waals surface area contributed by atoms with E-state index in [2.05, 4.69) is 16.0 Å². The van der Waals surface area contributed by atoms with Crippen LogP contribution >= 0.6 is 11.6 Å². The summed E-state index contributed by atoms with van der Waals surface area (Å²) in [6.07, 6.45) is 0. The molecule has 1 aromatic rings. The van der Waals surface area contributed by atoms with Crippen molar-refractivity contribution in [3.8, 4) is 0 Å². The fourth-order valence-electron chi connectivity index (χ4n) is 1.35. The van der Waals surface area contributed by atoms with Crippen LogP contribution in [-0.2, 0) is 4.79 Å². The number of amides is 3. The highest BCUT2D eigenvalue weighted by Crippen LogP contribution is 2.18. The van der Waals surface area contributed by atoms with E-state index in [1.54, 1.807) is 20.8 Å². The van der Waals surface area contributed by atoms with Crippen molar-refractivity contribution in [2.75, 3.05) is 11.9 Å². The Balaban J connectivity index is 2.46. The molecule has 0 bridgehead atoms. The first-order chi connectivity index (χ1) is 9.17. The zero-order chi connectivity index (χ0) is 15.3. The molecule has 3 N–H and O–H groups in total. The monoisotopic (exact) mass is 301 g/mol. The summed E-state index contributed by atoms with van der Waals surface area (Å²) in [4.78, 5) is 22.9. The van der Waals surface area contributed by atoms with Crippen molar-refractivity contribution in [2.45, 2.75) is 26.3 Å². The van der Waals surface area contributed by atoms with E-state index in [9.17, 15) is 14.0 Å². The second-order valence-electron chi connectivity index (χ2n) is 5.23. The van der Waals surface area contributed by atoms with E-state index >= 15 is 0 Å². The van der Waals surface area contributed by atoms with Gasteiger partial charge in [-0.25, -0.2) is 9.18 Å². The maximum Gasteiger partial charge on any atom is 0.321 e. The predicted molar refractivity (Wildman–Crippen MR) is 76.3 cm³/mol. The van der Waals surface area contributed by atoms with Gasteiger partial charge in [0.2, 0.25) is 5.91 Å². The Morgan fingerprint density at radius 2 is 1.95 bits per heavy atom. The van der Waals surface area contributed by atoms with Crippen molar-refractivity contribution in [3.63, 3.8) is 0 Å². The minimum atomic E-state index is -0.596. The van der Waals surface area contributed by atoms with Gasteiger partial charge in [0, 0.05) is 10.6 Å². The van der Waals surface area contributed by atoms with Gasteiger partial charge in [0.15, 0.2) is 0 Å². The van der Waals surface area contributed by atoms with Crippen LogP contribution in [-0.4, -0.2) is 24.0 Å². The highest BCUT2D eigenvalue weighted by atomic mass is 35.5. The Morgan fingerprint density at radius 1 is 1.30 bits per heavy atom. The molecule has 0 atom stereocenters. The minimum Gasteiger partial charge on any atom is -0.374 e. The highest BCUT2D eigenvalue weighted by Gasteiger charge is 2.15. The molecule has 0 saturated carbocycles. The fraction of sp³-hybridized carbons (Fsp3) is 0.385. The number of urea groups is 1. The van der Waals surface area contributed by atoms with E-state index in [4.69, 9.17) is 11.6 Å². The molecule has 0 saturated heterocycles. The standard InChI is InChI=1S/C13H17ClFN3O2/c1-13(2,3)18-12(20)17-11(19)7-16-10-5-4-8(14)6-9(10)15/h4-6,16H,7H2,1-3H3,(H2,17,18,19,20). The molecule has 0 radical (unpaired) electrons. The molecular formula is C13H17ClFN3O2. The van der Waals surface area contributed by atoms with Crippen LogP contribution in [0.25, 0.3) is 0 Å². The SMILES string of the molecule is CC(C)(C)NC(=O)NC(=O)CNc1ccc(Cl)cc1F. The van der Waals surface area contributed by atoms with E-state index in [0.717, 1.165) is 6.07 Å². The maximum absolute atomic E-state index is 13.4. The van der Waals surface area contributed by atoms with Crippen LogP contribution in [0.15, 0.2) is 18.2 Å². The Bertz CT molecular complexity index is 515. The minimum absolute atomic E-state index is 0.140. The fourth-order valence-corrected chi connectivity index (χ4v) is 1.51. The van der Waals surface area contributed by atoms with Gasteiger partial charge in [-0.2, -0.15) is 0 Å². The lowest BCUT2D eigenvalue weighted by Gasteiger charge is -2.20. The summed E-state index contributed by atoms with van der Waals surface area (Å²) in [6, 6.07) is 3.45. The Morgan fingerprint density at radius 3 is 2.50 bits per heavy atom. The van der Waals surface area contributed by atoms with Gasteiger partial charge in [0.05, 0.1) is 12.2 Å². The van der Waals surface area contributed by atoms with Gasteiger partial charge in [0.25, 0.3) is 0 Å². The second-order valence-corrected chi connectivity index (χ2v) is 5.67. The van der Waals surface area contributed by atoms with Gasteiger partial charge in [-0.15, -0.1) is 0 Å². The third kappa shape index (κ3) is 5.88. The lowest BCUT2D eigenvalue weighted by atomic mass is 10.1. The molecule has 1 aromatic carbocycles. The summed E-state index contributed by atoms with van der Waals surface area (Å²) in [7, 11) is 0. The number of anilines is 1. The van der Waals surface area contributed by atoms with Crippen molar-refractivity contribution in [1.82, 2.24) is 10.6 Å². The van der Waals surface area contributed by atoms with E-state index < -0.39 is 23.3 Å². The predicted octanol–water partition coefficient (Wildman–Crippen LogP) is 2.52. The quantitative estimate of drug-likeness (QED) is 0.803. The average molecular weight is 302 g/mol. The van der Waals surface area contributed by atoms with Crippen LogP contribution in [0, 0.1) is 5.82 Å². The zero-order valence-corrected chi connectivity index (χ0v) is 12.3. The molecule has 0 heterocycles. The first-order valence-corrected chi connectivity index (χ1v) is 6.36. The van der Waals surface area contributed by atoms with Gasteiger partial charge in [-0.1, -0.05) is 11.6 Å². The van der Waals surface area contributed by atoms with Crippen molar-refractivity contribution < 1.29 is 14.0 Å². The van der Waals surface area contributed by atoms with Gasteiger partial charge in [-0.3, -0.25) is 10.1 Å². The number of nitrogens with one attached hydrogen (secondary N) is 3. The largest absolute Gasteiger partial charge is 0.374 e. The zero-order valence-electron chi connectivity index (χ0n) is 11.5. The number of halogens is 2. The molecule has 0 spiro atoms. The number of rotatable bonds is 3. The normalized spacial score (nSPS) is 10.8. The third-order valence-corrected chi connectivity index (χ3v) is 2.35. The average Bonchev–Trinajstić information content (AvgIpc) is 2.24. The van der Waals surface area contributed by atoms with E-state index in [-0.39, 0.29) is 17.3 Å². The van der Waals surface area contributed by atoms with Crippen LogP contribution in [0.3, 0.4) is 0 Å². The molecule has 7 heteroatoms. The van der Waals surface area contributed by atoms with E-state index in [1.165, 1.54) is 12.1 Å². The van der Waals surface area contributed by atoms with E-state index in [1.807, 2.05) is 0 Å². The topological polar surface area (TPSA) is 70.2 Å². The lowest BCUT2D eigenvalue weighted by molar-refractivity contribution is -0.118. The highest BCUT2D eigenvalue weighted by molar-refractivity contribution is 6.30. The van der Waals surface area contributed by atoms with Crippen LogP contribution in [0.1, 0.15) is 20.8 Å². The number of imide groups is 1. The van der Waals surface area contributed by atoms with Crippen LogP contribution < -0.4 is 16.0 Å². The van der Waals surface area contributed by atoms with Crippen LogP contribution in [0.5, 0.6) is 0 Å². The smallest absolute Gasteiger partial charge is 0.321 e. The van der Waals surface area contributed by atoms with Crippen LogP contribution in [0.2, 0.25) is 5.02 Å². The molecule has 110 valence electrons. The summed E-state index contributed by atoms with van der Waals surface area (Å²) in [5.41, 5.74) is -0.305. The molecule has 5 nitrogen and oxygen atoms in total. The number of hydrogen-bond donors (Lipinski definition) is 3. The van der Waals surface area contributed by atoms with Gasteiger partial charge < -0.3 is 10.6 Å². The summed E-state index contributed by atoms with van der Waals surface area (Å²) >= 11 is 5.61. The van der Waals surface area contributed by atoms with Crippen molar-refractivity contribution in [2.24, 2.45) is 0 Å². The van der Waals surface area contributed by atoms with Crippen molar-refractivity contribution >= 4 is 29.2 Å². The number of hydrogen-bond acceptors (Lipinski definition) is 3. The van der Waals surface area contributed by atoms with E-state index in [0.29, 0.717) is 0 Å². The van der Waals surface area contributed by atoms with Gasteiger partial charge >= 0.3 is 6.03 Å². The van der Waals surface area contributed by atoms with Crippen LogP contribution in [0.4, 0.5) is 14.9 Å². The molecule has 0 aromatic heterocycles. The molecule has 0 aliphatic heterocycles. The van der Waals surface area contributed by atoms with Crippen molar-refractivity contribution in [1.29, 1.82) is 0 Å². The molecule has 0 aliphatic carbocycles.